The molecule has 2 rings (SSSR count). The van der Waals surface area contributed by atoms with E-state index >= 15 is 0 Å². The van der Waals surface area contributed by atoms with E-state index in [0.717, 1.165) is 11.5 Å². The third-order valence-electron chi connectivity index (χ3n) is 3.66. The molecule has 1 aromatic rings. The maximum atomic E-state index is 5.89. The van der Waals surface area contributed by atoms with Crippen LogP contribution in [0.25, 0.3) is 0 Å². The van der Waals surface area contributed by atoms with Crippen LogP contribution in [0.1, 0.15) is 32.1 Å². The molecule has 0 aromatic heterocycles. The van der Waals surface area contributed by atoms with Crippen molar-refractivity contribution in [2.75, 3.05) is 20.3 Å². The Morgan fingerprint density at radius 3 is 2.52 bits per heavy atom. The van der Waals surface area contributed by atoms with Crippen LogP contribution in [0.2, 0.25) is 0 Å². The average molecular weight is 291 g/mol. The lowest BCUT2D eigenvalue weighted by Gasteiger charge is -2.23. The molecule has 1 aliphatic carbocycles. The molecule has 0 aliphatic heterocycles. The summed E-state index contributed by atoms with van der Waals surface area (Å²) in [5.74, 6) is 2.16. The van der Waals surface area contributed by atoms with Crippen LogP contribution >= 0.6 is 0 Å². The second kappa shape index (κ2) is 8.39. The number of nitrogens with zero attached hydrogens (tertiary/aromatic N) is 1. The molecule has 21 heavy (non-hydrogen) atoms. The number of rotatable bonds is 6. The van der Waals surface area contributed by atoms with Crippen molar-refractivity contribution in [3.05, 3.63) is 24.3 Å². The number of nitrogens with one attached hydrogen (secondary N) is 1. The van der Waals surface area contributed by atoms with E-state index in [4.69, 9.17) is 15.2 Å². The predicted octanol–water partition coefficient (Wildman–Crippen LogP) is 2.31. The van der Waals surface area contributed by atoms with Crippen molar-refractivity contribution in [2.45, 2.75) is 38.1 Å². The Morgan fingerprint density at radius 2 is 1.86 bits per heavy atom. The largest absolute Gasteiger partial charge is 0.497 e. The highest BCUT2D eigenvalue weighted by molar-refractivity contribution is 5.78. The second-order valence-electron chi connectivity index (χ2n) is 5.27. The van der Waals surface area contributed by atoms with Crippen LogP contribution < -0.4 is 20.5 Å². The molecule has 0 atom stereocenters. The molecule has 116 valence electrons. The third-order valence-corrected chi connectivity index (χ3v) is 3.66. The van der Waals surface area contributed by atoms with Gasteiger partial charge in [-0.3, -0.25) is 0 Å². The Kier molecular flexibility index (Phi) is 6.19. The summed E-state index contributed by atoms with van der Waals surface area (Å²) in [4.78, 5) is 4.30. The molecule has 0 amide bonds. The van der Waals surface area contributed by atoms with E-state index in [1.165, 1.54) is 32.1 Å². The normalized spacial score (nSPS) is 16.5. The molecule has 3 N–H and O–H groups in total. The van der Waals surface area contributed by atoms with Crippen molar-refractivity contribution < 1.29 is 9.47 Å². The number of ether oxygens (including phenoxy) is 2. The van der Waals surface area contributed by atoms with Gasteiger partial charge in [0.25, 0.3) is 0 Å². The zero-order valence-electron chi connectivity index (χ0n) is 12.7. The number of guanidine groups is 1. The van der Waals surface area contributed by atoms with Gasteiger partial charge in [-0.25, -0.2) is 4.99 Å². The van der Waals surface area contributed by atoms with Crippen molar-refractivity contribution in [3.8, 4) is 11.5 Å². The van der Waals surface area contributed by atoms with Crippen LogP contribution in [-0.4, -0.2) is 32.3 Å². The molecule has 0 heterocycles. The summed E-state index contributed by atoms with van der Waals surface area (Å²) >= 11 is 0. The quantitative estimate of drug-likeness (QED) is 0.479. The predicted molar refractivity (Wildman–Crippen MR) is 85.0 cm³/mol. The molecule has 0 bridgehead atoms. The monoisotopic (exact) mass is 291 g/mol. The van der Waals surface area contributed by atoms with Gasteiger partial charge in [0.15, 0.2) is 5.96 Å². The minimum atomic E-state index is 0.491. The summed E-state index contributed by atoms with van der Waals surface area (Å²) in [5, 5.41) is 3.29. The van der Waals surface area contributed by atoms with Gasteiger partial charge in [-0.15, -0.1) is 0 Å². The Labute approximate surface area is 126 Å². The van der Waals surface area contributed by atoms with Gasteiger partial charge in [-0.2, -0.15) is 0 Å². The number of aliphatic imine (C=N–C) groups is 1. The first-order valence-corrected chi connectivity index (χ1v) is 7.61. The van der Waals surface area contributed by atoms with E-state index in [-0.39, 0.29) is 0 Å². The lowest BCUT2D eigenvalue weighted by atomic mass is 9.96. The summed E-state index contributed by atoms with van der Waals surface area (Å²) in [6, 6.07) is 8.00. The van der Waals surface area contributed by atoms with E-state index in [2.05, 4.69) is 10.3 Å². The molecule has 0 spiro atoms. The summed E-state index contributed by atoms with van der Waals surface area (Å²) < 4.78 is 10.7. The van der Waals surface area contributed by atoms with Gasteiger partial charge in [-0.1, -0.05) is 19.3 Å². The molecule has 5 heteroatoms. The molecular formula is C16H25N3O2. The second-order valence-corrected chi connectivity index (χ2v) is 5.27. The van der Waals surface area contributed by atoms with Gasteiger partial charge < -0.3 is 20.5 Å². The summed E-state index contributed by atoms with van der Waals surface area (Å²) in [7, 11) is 1.65. The van der Waals surface area contributed by atoms with Crippen LogP contribution in [-0.2, 0) is 0 Å². The van der Waals surface area contributed by atoms with E-state index in [1.54, 1.807) is 7.11 Å². The van der Waals surface area contributed by atoms with E-state index in [9.17, 15) is 0 Å². The maximum absolute atomic E-state index is 5.89. The zero-order chi connectivity index (χ0) is 14.9. The SMILES string of the molecule is COc1ccc(OCCN=C(N)NC2CCCCC2)cc1. The van der Waals surface area contributed by atoms with Gasteiger partial charge in [-0.05, 0) is 37.1 Å². The molecular weight excluding hydrogens is 266 g/mol. The van der Waals surface area contributed by atoms with Gasteiger partial charge in [0, 0.05) is 6.04 Å². The lowest BCUT2D eigenvalue weighted by Crippen LogP contribution is -2.41. The first-order valence-electron chi connectivity index (χ1n) is 7.61. The number of hydrogen-bond acceptors (Lipinski definition) is 3. The van der Waals surface area contributed by atoms with Crippen LogP contribution in [0.3, 0.4) is 0 Å². The zero-order valence-corrected chi connectivity index (χ0v) is 12.7. The molecule has 0 saturated heterocycles. The Morgan fingerprint density at radius 1 is 1.19 bits per heavy atom. The highest BCUT2D eigenvalue weighted by Gasteiger charge is 2.12. The van der Waals surface area contributed by atoms with Gasteiger partial charge in [0.05, 0.1) is 13.7 Å². The van der Waals surface area contributed by atoms with Crippen molar-refractivity contribution in [2.24, 2.45) is 10.7 Å². The fraction of sp³-hybridized carbons (Fsp3) is 0.562. The number of nitrogens with two attached hydrogens (primary N) is 1. The van der Waals surface area contributed by atoms with Crippen molar-refractivity contribution >= 4 is 5.96 Å². The van der Waals surface area contributed by atoms with Crippen molar-refractivity contribution in [1.82, 2.24) is 5.32 Å². The first kappa shape index (κ1) is 15.5. The van der Waals surface area contributed by atoms with Gasteiger partial charge in [0.1, 0.15) is 18.1 Å². The average Bonchev–Trinajstić information content (AvgIpc) is 2.53. The molecule has 0 radical (unpaired) electrons. The minimum absolute atomic E-state index is 0.491. The maximum Gasteiger partial charge on any atom is 0.188 e. The summed E-state index contributed by atoms with van der Waals surface area (Å²) in [6.45, 7) is 1.07. The van der Waals surface area contributed by atoms with Gasteiger partial charge in [0.2, 0.25) is 0 Å². The Hall–Kier alpha value is -1.91. The number of benzene rings is 1. The molecule has 1 fully saturated rings. The summed E-state index contributed by atoms with van der Waals surface area (Å²) in [6.07, 6.45) is 6.29. The summed E-state index contributed by atoms with van der Waals surface area (Å²) in [5.41, 5.74) is 5.89. The third kappa shape index (κ3) is 5.53. The minimum Gasteiger partial charge on any atom is -0.497 e. The molecule has 1 aromatic carbocycles. The smallest absolute Gasteiger partial charge is 0.188 e. The van der Waals surface area contributed by atoms with Crippen LogP contribution in [0, 0.1) is 0 Å². The lowest BCUT2D eigenvalue weighted by molar-refractivity contribution is 0.327. The topological polar surface area (TPSA) is 68.9 Å². The van der Waals surface area contributed by atoms with Crippen molar-refractivity contribution in [3.63, 3.8) is 0 Å². The highest BCUT2D eigenvalue weighted by atomic mass is 16.5. The van der Waals surface area contributed by atoms with E-state index in [1.807, 2.05) is 24.3 Å². The van der Waals surface area contributed by atoms with Crippen molar-refractivity contribution in [1.29, 1.82) is 0 Å². The molecule has 1 aliphatic rings. The highest BCUT2D eigenvalue weighted by Crippen LogP contribution is 2.17. The van der Waals surface area contributed by atoms with E-state index in [0.29, 0.717) is 25.2 Å². The Bertz CT molecular complexity index is 439. The Balaban J connectivity index is 1.66. The molecule has 5 nitrogen and oxygen atoms in total. The standard InChI is InChI=1S/C16H25N3O2/c1-20-14-7-9-15(10-8-14)21-12-11-18-16(17)19-13-5-3-2-4-6-13/h7-10,13H,2-6,11-12H2,1H3,(H3,17,18,19). The number of methoxy groups -OCH3 is 1. The van der Waals surface area contributed by atoms with Crippen LogP contribution in [0.4, 0.5) is 0 Å². The molecule has 0 unspecified atom stereocenters. The number of hydrogen-bond donors (Lipinski definition) is 2. The molecule has 1 saturated carbocycles. The van der Waals surface area contributed by atoms with Crippen LogP contribution in [0.5, 0.6) is 11.5 Å². The fourth-order valence-electron chi connectivity index (χ4n) is 2.50. The van der Waals surface area contributed by atoms with Gasteiger partial charge >= 0.3 is 0 Å². The fourth-order valence-corrected chi connectivity index (χ4v) is 2.50. The van der Waals surface area contributed by atoms with E-state index < -0.39 is 0 Å². The first-order chi connectivity index (χ1) is 10.3. The van der Waals surface area contributed by atoms with Crippen LogP contribution in [0.15, 0.2) is 29.3 Å².